The number of rotatable bonds is 6. The van der Waals surface area contributed by atoms with Gasteiger partial charge in [-0.1, -0.05) is 6.08 Å². The van der Waals surface area contributed by atoms with Gasteiger partial charge in [0, 0.05) is 6.42 Å². The van der Waals surface area contributed by atoms with E-state index in [2.05, 4.69) is 6.58 Å². The van der Waals surface area contributed by atoms with Crippen LogP contribution < -0.4 is 0 Å². The molecule has 3 nitrogen and oxygen atoms in total. The van der Waals surface area contributed by atoms with Gasteiger partial charge < -0.3 is 9.84 Å². The molecule has 1 aliphatic carbocycles. The minimum Gasteiger partial charge on any atom is -0.466 e. The maximum Gasteiger partial charge on any atom is 0.305 e. The summed E-state index contributed by atoms with van der Waals surface area (Å²) in [5.41, 5.74) is 0. The van der Waals surface area contributed by atoms with E-state index in [1.54, 1.807) is 6.92 Å². The second kappa shape index (κ2) is 7.49. The Bertz CT molecular complexity index is 242. The van der Waals surface area contributed by atoms with Crippen molar-refractivity contribution in [3.05, 3.63) is 12.7 Å². The molecule has 0 aromatic heterocycles. The van der Waals surface area contributed by atoms with E-state index < -0.39 is 0 Å². The average Bonchev–Trinajstić information content (AvgIpc) is 2.36. The van der Waals surface area contributed by atoms with Gasteiger partial charge in [0.05, 0.1) is 12.7 Å². The lowest BCUT2D eigenvalue weighted by Gasteiger charge is -2.30. The Morgan fingerprint density at radius 3 is 2.65 bits per heavy atom. The topological polar surface area (TPSA) is 46.5 Å². The summed E-state index contributed by atoms with van der Waals surface area (Å²) >= 11 is 0. The second-order valence-electron chi connectivity index (χ2n) is 4.82. The van der Waals surface area contributed by atoms with Gasteiger partial charge in [0.1, 0.15) is 0 Å². The summed E-state index contributed by atoms with van der Waals surface area (Å²) in [6.07, 6.45) is 6.83. The molecule has 1 unspecified atom stereocenters. The lowest BCUT2D eigenvalue weighted by Crippen LogP contribution is -2.26. The van der Waals surface area contributed by atoms with Crippen molar-refractivity contribution < 1.29 is 14.6 Å². The van der Waals surface area contributed by atoms with Crippen LogP contribution in [0.1, 0.15) is 45.4 Å². The fourth-order valence-corrected chi connectivity index (χ4v) is 2.50. The molecule has 0 radical (unpaired) electrons. The third-order valence-corrected chi connectivity index (χ3v) is 3.64. The van der Waals surface area contributed by atoms with E-state index in [9.17, 15) is 9.90 Å². The van der Waals surface area contributed by atoms with Crippen molar-refractivity contribution in [1.82, 2.24) is 0 Å². The normalized spacial score (nSPS) is 26.2. The molecular formula is C14H24O3. The van der Waals surface area contributed by atoms with Crippen LogP contribution in [-0.2, 0) is 9.53 Å². The maximum atomic E-state index is 11.2. The molecule has 0 amide bonds. The molecule has 98 valence electrons. The van der Waals surface area contributed by atoms with Gasteiger partial charge in [0.25, 0.3) is 0 Å². The average molecular weight is 240 g/mol. The molecular weight excluding hydrogens is 216 g/mol. The highest BCUT2D eigenvalue weighted by molar-refractivity contribution is 5.69. The van der Waals surface area contributed by atoms with E-state index in [4.69, 9.17) is 4.74 Å². The van der Waals surface area contributed by atoms with Crippen LogP contribution >= 0.6 is 0 Å². The molecule has 1 aliphatic rings. The molecule has 17 heavy (non-hydrogen) atoms. The molecule has 1 atom stereocenters. The van der Waals surface area contributed by atoms with E-state index in [-0.39, 0.29) is 12.1 Å². The number of carbonyl (C=O) groups excluding carboxylic acids is 1. The van der Waals surface area contributed by atoms with Crippen LogP contribution in [0.2, 0.25) is 0 Å². The Morgan fingerprint density at radius 1 is 1.47 bits per heavy atom. The van der Waals surface area contributed by atoms with Gasteiger partial charge in [0.2, 0.25) is 0 Å². The summed E-state index contributed by atoms with van der Waals surface area (Å²) in [4.78, 5) is 11.2. The summed E-state index contributed by atoms with van der Waals surface area (Å²) in [5, 5.41) is 10.0. The van der Waals surface area contributed by atoms with Crippen LogP contribution in [0, 0.1) is 11.8 Å². The Hall–Kier alpha value is -0.830. The molecule has 1 N–H and O–H groups in total. The van der Waals surface area contributed by atoms with Crippen molar-refractivity contribution in [1.29, 1.82) is 0 Å². The molecule has 0 bridgehead atoms. The van der Waals surface area contributed by atoms with Crippen LogP contribution in [-0.4, -0.2) is 23.8 Å². The molecule has 1 saturated carbocycles. The number of esters is 1. The Morgan fingerprint density at radius 2 is 2.12 bits per heavy atom. The van der Waals surface area contributed by atoms with Gasteiger partial charge in [-0.2, -0.15) is 0 Å². The van der Waals surface area contributed by atoms with Crippen molar-refractivity contribution in [3.8, 4) is 0 Å². The molecule has 0 heterocycles. The van der Waals surface area contributed by atoms with E-state index in [0.29, 0.717) is 31.3 Å². The zero-order valence-corrected chi connectivity index (χ0v) is 10.7. The van der Waals surface area contributed by atoms with Gasteiger partial charge in [-0.3, -0.25) is 4.79 Å². The maximum absolute atomic E-state index is 11.2. The first kappa shape index (κ1) is 14.2. The SMILES string of the molecule is C=CC1CCC(C(O)CCC(=O)OCC)CC1. The third-order valence-electron chi connectivity index (χ3n) is 3.64. The highest BCUT2D eigenvalue weighted by Crippen LogP contribution is 2.32. The minimum absolute atomic E-state index is 0.202. The van der Waals surface area contributed by atoms with Gasteiger partial charge in [-0.05, 0) is 50.9 Å². The molecule has 3 heteroatoms. The first-order chi connectivity index (χ1) is 8.17. The summed E-state index contributed by atoms with van der Waals surface area (Å²) in [5.74, 6) is 0.760. The van der Waals surface area contributed by atoms with Crippen molar-refractivity contribution in [2.24, 2.45) is 11.8 Å². The van der Waals surface area contributed by atoms with Crippen LogP contribution in [0.15, 0.2) is 12.7 Å². The van der Waals surface area contributed by atoms with Crippen LogP contribution in [0.3, 0.4) is 0 Å². The smallest absolute Gasteiger partial charge is 0.305 e. The lowest BCUT2D eigenvalue weighted by atomic mass is 9.78. The van der Waals surface area contributed by atoms with Gasteiger partial charge in [-0.25, -0.2) is 0 Å². The zero-order valence-electron chi connectivity index (χ0n) is 10.7. The Balaban J connectivity index is 2.22. The van der Waals surface area contributed by atoms with Crippen LogP contribution in [0.25, 0.3) is 0 Å². The van der Waals surface area contributed by atoms with E-state index in [1.807, 2.05) is 6.08 Å². The standard InChI is InChI=1S/C14H24O3/c1-3-11-5-7-12(8-6-11)13(15)9-10-14(16)17-4-2/h3,11-13,15H,1,4-10H2,2H3. The van der Waals surface area contributed by atoms with Gasteiger partial charge >= 0.3 is 5.97 Å². The number of hydrogen-bond donors (Lipinski definition) is 1. The van der Waals surface area contributed by atoms with Gasteiger partial charge in [0.15, 0.2) is 0 Å². The highest BCUT2D eigenvalue weighted by atomic mass is 16.5. The Labute approximate surface area is 104 Å². The molecule has 1 rings (SSSR count). The molecule has 0 aromatic carbocycles. The predicted octanol–water partition coefficient (Wildman–Crippen LogP) is 2.68. The first-order valence-electron chi connectivity index (χ1n) is 6.63. The summed E-state index contributed by atoms with van der Waals surface area (Å²) in [7, 11) is 0. The van der Waals surface area contributed by atoms with Crippen LogP contribution in [0.5, 0.6) is 0 Å². The number of hydrogen-bond acceptors (Lipinski definition) is 3. The lowest BCUT2D eigenvalue weighted by molar-refractivity contribution is -0.144. The fraction of sp³-hybridized carbons (Fsp3) is 0.786. The predicted molar refractivity (Wildman–Crippen MR) is 67.5 cm³/mol. The molecule has 0 aliphatic heterocycles. The quantitative estimate of drug-likeness (QED) is 0.573. The molecule has 0 aromatic rings. The third kappa shape index (κ3) is 4.90. The number of aliphatic hydroxyl groups excluding tert-OH is 1. The van der Waals surface area contributed by atoms with Crippen molar-refractivity contribution in [3.63, 3.8) is 0 Å². The van der Waals surface area contributed by atoms with E-state index in [1.165, 1.54) is 0 Å². The van der Waals surface area contributed by atoms with E-state index in [0.717, 1.165) is 25.7 Å². The number of allylic oxidation sites excluding steroid dienone is 1. The molecule has 0 saturated heterocycles. The second-order valence-corrected chi connectivity index (χ2v) is 4.82. The summed E-state index contributed by atoms with van der Waals surface area (Å²) < 4.78 is 4.85. The summed E-state index contributed by atoms with van der Waals surface area (Å²) in [6.45, 7) is 6.02. The minimum atomic E-state index is -0.356. The number of aliphatic hydroxyl groups is 1. The summed E-state index contributed by atoms with van der Waals surface area (Å²) in [6, 6.07) is 0. The number of carbonyl (C=O) groups is 1. The molecule has 1 fully saturated rings. The largest absolute Gasteiger partial charge is 0.466 e. The van der Waals surface area contributed by atoms with Crippen molar-refractivity contribution in [2.45, 2.75) is 51.6 Å². The number of ether oxygens (including phenoxy) is 1. The first-order valence-corrected chi connectivity index (χ1v) is 6.63. The highest BCUT2D eigenvalue weighted by Gasteiger charge is 2.25. The van der Waals surface area contributed by atoms with E-state index >= 15 is 0 Å². The monoisotopic (exact) mass is 240 g/mol. The Kier molecular flexibility index (Phi) is 6.27. The fourth-order valence-electron chi connectivity index (χ4n) is 2.50. The van der Waals surface area contributed by atoms with Crippen molar-refractivity contribution >= 4 is 5.97 Å². The zero-order chi connectivity index (χ0) is 12.7. The van der Waals surface area contributed by atoms with Crippen molar-refractivity contribution in [2.75, 3.05) is 6.61 Å². The molecule has 0 spiro atoms. The van der Waals surface area contributed by atoms with Gasteiger partial charge in [-0.15, -0.1) is 6.58 Å². The van der Waals surface area contributed by atoms with Crippen LogP contribution in [0.4, 0.5) is 0 Å².